The molecule has 0 aromatic heterocycles. The van der Waals surface area contributed by atoms with Gasteiger partial charge < -0.3 is 11.1 Å². The van der Waals surface area contributed by atoms with Crippen LogP contribution in [0.1, 0.15) is 32.6 Å². The molecule has 1 aliphatic carbocycles. The molecule has 1 atom stereocenters. The average molecular weight is 154 g/mol. The van der Waals surface area contributed by atoms with Crippen LogP contribution >= 0.6 is 0 Å². The highest BCUT2D eigenvalue weighted by Crippen LogP contribution is 2.24. The lowest BCUT2D eigenvalue weighted by Gasteiger charge is -2.22. The standard InChI is InChI=1S/C9H18N2/c1-7(10)8-5-3-4-6-9(8)11-2/h7,11H,3-6,10H2,1-2H3. The average Bonchev–Trinajstić information content (AvgIpc) is 2.04. The summed E-state index contributed by atoms with van der Waals surface area (Å²) >= 11 is 0. The van der Waals surface area contributed by atoms with Gasteiger partial charge in [0.2, 0.25) is 0 Å². The van der Waals surface area contributed by atoms with Gasteiger partial charge in [0.25, 0.3) is 0 Å². The summed E-state index contributed by atoms with van der Waals surface area (Å²) < 4.78 is 0. The van der Waals surface area contributed by atoms with Crippen molar-refractivity contribution in [1.29, 1.82) is 0 Å². The van der Waals surface area contributed by atoms with Crippen molar-refractivity contribution in [3.8, 4) is 0 Å². The maximum Gasteiger partial charge on any atom is 0.0244 e. The third kappa shape index (κ3) is 1.96. The van der Waals surface area contributed by atoms with E-state index in [4.69, 9.17) is 5.73 Å². The van der Waals surface area contributed by atoms with Crippen molar-refractivity contribution in [3.63, 3.8) is 0 Å². The largest absolute Gasteiger partial charge is 0.391 e. The number of hydrogen-bond acceptors (Lipinski definition) is 2. The minimum absolute atomic E-state index is 0.234. The van der Waals surface area contributed by atoms with E-state index in [0.717, 1.165) is 0 Å². The molecule has 0 saturated carbocycles. The zero-order chi connectivity index (χ0) is 8.27. The molecule has 0 radical (unpaired) electrons. The Morgan fingerprint density at radius 2 is 2.00 bits per heavy atom. The Morgan fingerprint density at radius 3 is 2.45 bits per heavy atom. The molecule has 11 heavy (non-hydrogen) atoms. The first-order valence-corrected chi connectivity index (χ1v) is 4.41. The molecule has 3 N–H and O–H groups in total. The molecule has 2 nitrogen and oxygen atoms in total. The lowest BCUT2D eigenvalue weighted by atomic mass is 9.92. The van der Waals surface area contributed by atoms with Crippen LogP contribution in [-0.2, 0) is 0 Å². The molecule has 0 aliphatic heterocycles. The Hall–Kier alpha value is -0.500. The first-order valence-electron chi connectivity index (χ1n) is 4.41. The Balaban J connectivity index is 2.73. The predicted octanol–water partition coefficient (Wildman–Crippen LogP) is 1.38. The van der Waals surface area contributed by atoms with Crippen LogP contribution in [0, 0.1) is 0 Å². The highest BCUT2D eigenvalue weighted by molar-refractivity contribution is 5.19. The van der Waals surface area contributed by atoms with E-state index < -0.39 is 0 Å². The Morgan fingerprint density at radius 1 is 1.36 bits per heavy atom. The monoisotopic (exact) mass is 154 g/mol. The quantitative estimate of drug-likeness (QED) is 0.630. The summed E-state index contributed by atoms with van der Waals surface area (Å²) in [5.41, 5.74) is 8.65. The van der Waals surface area contributed by atoms with Crippen molar-refractivity contribution in [1.82, 2.24) is 5.32 Å². The van der Waals surface area contributed by atoms with Crippen LogP contribution in [-0.4, -0.2) is 13.1 Å². The van der Waals surface area contributed by atoms with Gasteiger partial charge in [-0.05, 0) is 38.2 Å². The van der Waals surface area contributed by atoms with Gasteiger partial charge in [0.15, 0.2) is 0 Å². The van der Waals surface area contributed by atoms with Gasteiger partial charge in [-0.1, -0.05) is 0 Å². The summed E-state index contributed by atoms with van der Waals surface area (Å²) in [5.74, 6) is 0. The fraction of sp³-hybridized carbons (Fsp3) is 0.778. The van der Waals surface area contributed by atoms with Gasteiger partial charge in [0, 0.05) is 18.8 Å². The minimum atomic E-state index is 0.234. The molecule has 1 unspecified atom stereocenters. The molecule has 0 heterocycles. The van der Waals surface area contributed by atoms with Crippen molar-refractivity contribution in [2.75, 3.05) is 7.05 Å². The Kier molecular flexibility index (Phi) is 2.94. The lowest BCUT2D eigenvalue weighted by molar-refractivity contribution is 0.601. The number of nitrogens with one attached hydrogen (secondary N) is 1. The number of allylic oxidation sites excluding steroid dienone is 1. The van der Waals surface area contributed by atoms with Gasteiger partial charge in [0.05, 0.1) is 0 Å². The first kappa shape index (κ1) is 8.60. The molecule has 0 saturated heterocycles. The highest BCUT2D eigenvalue weighted by Gasteiger charge is 2.13. The van der Waals surface area contributed by atoms with Crippen molar-refractivity contribution in [3.05, 3.63) is 11.3 Å². The predicted molar refractivity (Wildman–Crippen MR) is 48.2 cm³/mol. The van der Waals surface area contributed by atoms with E-state index in [-0.39, 0.29) is 6.04 Å². The Bertz CT molecular complexity index is 159. The minimum Gasteiger partial charge on any atom is -0.391 e. The van der Waals surface area contributed by atoms with Crippen LogP contribution in [0.25, 0.3) is 0 Å². The summed E-state index contributed by atoms with van der Waals surface area (Å²) in [6.45, 7) is 2.07. The second kappa shape index (κ2) is 3.77. The maximum atomic E-state index is 5.84. The van der Waals surface area contributed by atoms with Crippen molar-refractivity contribution < 1.29 is 0 Å². The lowest BCUT2D eigenvalue weighted by Crippen LogP contribution is -2.25. The van der Waals surface area contributed by atoms with Crippen molar-refractivity contribution in [2.24, 2.45) is 5.73 Å². The molecule has 0 aromatic carbocycles. The normalized spacial score (nSPS) is 21.7. The van der Waals surface area contributed by atoms with E-state index in [1.54, 1.807) is 0 Å². The Labute approximate surface area is 68.9 Å². The van der Waals surface area contributed by atoms with Gasteiger partial charge in [-0.2, -0.15) is 0 Å². The molecule has 0 amide bonds. The number of rotatable bonds is 2. The van der Waals surface area contributed by atoms with Crippen molar-refractivity contribution >= 4 is 0 Å². The molecular weight excluding hydrogens is 136 g/mol. The molecule has 64 valence electrons. The van der Waals surface area contributed by atoms with Crippen LogP contribution in [0.2, 0.25) is 0 Å². The van der Waals surface area contributed by atoms with Gasteiger partial charge in [0.1, 0.15) is 0 Å². The van der Waals surface area contributed by atoms with Crippen LogP contribution < -0.4 is 11.1 Å². The van der Waals surface area contributed by atoms with Crippen LogP contribution in [0.15, 0.2) is 11.3 Å². The summed E-state index contributed by atoms with van der Waals surface area (Å²) in [6.07, 6.45) is 5.00. The van der Waals surface area contributed by atoms with Crippen molar-refractivity contribution in [2.45, 2.75) is 38.6 Å². The molecule has 1 rings (SSSR count). The first-order chi connectivity index (χ1) is 5.25. The summed E-state index contributed by atoms with van der Waals surface area (Å²) in [7, 11) is 1.99. The van der Waals surface area contributed by atoms with Gasteiger partial charge in [-0.3, -0.25) is 0 Å². The zero-order valence-corrected chi connectivity index (χ0v) is 7.48. The topological polar surface area (TPSA) is 38.0 Å². The van der Waals surface area contributed by atoms with Gasteiger partial charge >= 0.3 is 0 Å². The van der Waals surface area contributed by atoms with E-state index >= 15 is 0 Å². The highest BCUT2D eigenvalue weighted by atomic mass is 14.8. The molecule has 0 fully saturated rings. The number of hydrogen-bond donors (Lipinski definition) is 2. The zero-order valence-electron chi connectivity index (χ0n) is 7.48. The van der Waals surface area contributed by atoms with Gasteiger partial charge in [-0.15, -0.1) is 0 Å². The van der Waals surface area contributed by atoms with Crippen LogP contribution in [0.5, 0.6) is 0 Å². The molecule has 1 aliphatic rings. The summed E-state index contributed by atoms with van der Waals surface area (Å²) in [4.78, 5) is 0. The molecule has 0 aromatic rings. The smallest absolute Gasteiger partial charge is 0.0244 e. The second-order valence-corrected chi connectivity index (χ2v) is 3.25. The summed E-state index contributed by atoms with van der Waals surface area (Å²) in [5, 5.41) is 3.23. The maximum absolute atomic E-state index is 5.84. The van der Waals surface area contributed by atoms with Gasteiger partial charge in [-0.25, -0.2) is 0 Å². The van der Waals surface area contributed by atoms with Crippen LogP contribution in [0.4, 0.5) is 0 Å². The van der Waals surface area contributed by atoms with E-state index in [2.05, 4.69) is 12.2 Å². The summed E-state index contributed by atoms with van der Waals surface area (Å²) in [6, 6.07) is 0.234. The third-order valence-electron chi connectivity index (χ3n) is 2.36. The fourth-order valence-corrected chi connectivity index (χ4v) is 1.72. The number of nitrogens with two attached hydrogens (primary N) is 1. The van der Waals surface area contributed by atoms with E-state index in [1.165, 1.54) is 37.0 Å². The SMILES string of the molecule is CNC1=C(C(C)N)CCCC1. The molecular formula is C9H18N2. The van der Waals surface area contributed by atoms with Crippen LogP contribution in [0.3, 0.4) is 0 Å². The fourth-order valence-electron chi connectivity index (χ4n) is 1.72. The van der Waals surface area contributed by atoms with E-state index in [9.17, 15) is 0 Å². The second-order valence-electron chi connectivity index (χ2n) is 3.25. The molecule has 0 bridgehead atoms. The molecule has 2 heteroatoms. The van der Waals surface area contributed by atoms with E-state index in [1.807, 2.05) is 7.05 Å². The van der Waals surface area contributed by atoms with E-state index in [0.29, 0.717) is 0 Å². The molecule has 0 spiro atoms. The third-order valence-corrected chi connectivity index (χ3v) is 2.36.